The standard InChI is InChI=1S/C25H24/c1-3-12-23-19(2)22-17-10-11-18-24(22)25(23,20-13-6-4-7-14-20)21-15-8-5-9-16-21/h3-4,6-8,10-18H,5,9H2,1-2H3/b12-3-. The molecular formula is C25H24. The van der Waals surface area contributed by atoms with Crippen LogP contribution in [-0.4, -0.2) is 0 Å². The Bertz CT molecular complexity index is 906. The van der Waals surface area contributed by atoms with Crippen LogP contribution >= 0.6 is 0 Å². The zero-order valence-electron chi connectivity index (χ0n) is 15.0. The molecular weight excluding hydrogens is 300 g/mol. The second kappa shape index (κ2) is 6.37. The van der Waals surface area contributed by atoms with Crippen LogP contribution < -0.4 is 0 Å². The fourth-order valence-corrected chi connectivity index (χ4v) is 4.49. The van der Waals surface area contributed by atoms with Crippen molar-refractivity contribution in [1.82, 2.24) is 0 Å². The topological polar surface area (TPSA) is 0 Å². The number of rotatable bonds is 3. The number of hydrogen-bond donors (Lipinski definition) is 0. The summed E-state index contributed by atoms with van der Waals surface area (Å²) in [4.78, 5) is 0. The van der Waals surface area contributed by atoms with Crippen molar-refractivity contribution in [2.24, 2.45) is 0 Å². The van der Waals surface area contributed by atoms with Gasteiger partial charge in [-0.25, -0.2) is 0 Å². The van der Waals surface area contributed by atoms with Gasteiger partial charge in [-0.3, -0.25) is 0 Å². The van der Waals surface area contributed by atoms with Gasteiger partial charge in [0.2, 0.25) is 0 Å². The minimum absolute atomic E-state index is 0.203. The molecule has 0 saturated heterocycles. The van der Waals surface area contributed by atoms with Crippen LogP contribution in [0.1, 0.15) is 43.4 Å². The third-order valence-electron chi connectivity index (χ3n) is 5.51. The average Bonchev–Trinajstić information content (AvgIpc) is 2.93. The first-order valence-corrected chi connectivity index (χ1v) is 9.16. The highest BCUT2D eigenvalue weighted by Gasteiger charge is 2.46. The van der Waals surface area contributed by atoms with Crippen LogP contribution in [0.5, 0.6) is 0 Å². The van der Waals surface area contributed by atoms with Gasteiger partial charge in [-0.05, 0) is 60.1 Å². The number of fused-ring (bicyclic) bond motifs is 1. The fourth-order valence-electron chi connectivity index (χ4n) is 4.49. The molecule has 0 bridgehead atoms. The highest BCUT2D eigenvalue weighted by molar-refractivity contribution is 5.87. The van der Waals surface area contributed by atoms with Gasteiger partial charge in [0.25, 0.3) is 0 Å². The van der Waals surface area contributed by atoms with Crippen molar-refractivity contribution in [3.05, 3.63) is 113 Å². The molecule has 0 aliphatic heterocycles. The molecule has 0 amide bonds. The molecule has 25 heavy (non-hydrogen) atoms. The van der Waals surface area contributed by atoms with Crippen LogP contribution in [0, 0.1) is 0 Å². The Labute approximate surface area is 150 Å². The highest BCUT2D eigenvalue weighted by Crippen LogP contribution is 2.55. The second-order valence-corrected chi connectivity index (χ2v) is 6.84. The number of hydrogen-bond acceptors (Lipinski definition) is 0. The summed E-state index contributed by atoms with van der Waals surface area (Å²) >= 11 is 0. The van der Waals surface area contributed by atoms with Crippen LogP contribution in [0.2, 0.25) is 0 Å². The molecule has 124 valence electrons. The summed E-state index contributed by atoms with van der Waals surface area (Å²) in [7, 11) is 0. The largest absolute Gasteiger partial charge is 0.0873 e. The number of allylic oxidation sites excluding steroid dienone is 8. The fraction of sp³-hybridized carbons (Fsp3) is 0.200. The van der Waals surface area contributed by atoms with E-state index in [0.717, 1.165) is 12.8 Å². The van der Waals surface area contributed by atoms with E-state index in [4.69, 9.17) is 0 Å². The summed E-state index contributed by atoms with van der Waals surface area (Å²) in [6, 6.07) is 19.9. The summed E-state index contributed by atoms with van der Waals surface area (Å²) in [5, 5.41) is 0. The third kappa shape index (κ3) is 2.28. The van der Waals surface area contributed by atoms with Gasteiger partial charge in [0.05, 0.1) is 5.41 Å². The molecule has 2 aliphatic carbocycles. The van der Waals surface area contributed by atoms with E-state index in [1.165, 1.54) is 33.4 Å². The van der Waals surface area contributed by atoms with Crippen molar-refractivity contribution in [3.8, 4) is 0 Å². The lowest BCUT2D eigenvalue weighted by atomic mass is 9.65. The van der Waals surface area contributed by atoms with Gasteiger partial charge >= 0.3 is 0 Å². The van der Waals surface area contributed by atoms with Crippen LogP contribution in [0.4, 0.5) is 0 Å². The lowest BCUT2D eigenvalue weighted by Crippen LogP contribution is -2.30. The molecule has 0 heteroatoms. The molecule has 2 aromatic carbocycles. The third-order valence-corrected chi connectivity index (χ3v) is 5.51. The summed E-state index contributed by atoms with van der Waals surface area (Å²) in [5.41, 5.74) is 8.12. The molecule has 2 aromatic rings. The first-order chi connectivity index (χ1) is 12.3. The lowest BCUT2D eigenvalue weighted by molar-refractivity contribution is 0.744. The van der Waals surface area contributed by atoms with Gasteiger partial charge < -0.3 is 0 Å². The van der Waals surface area contributed by atoms with Crippen molar-refractivity contribution in [1.29, 1.82) is 0 Å². The zero-order valence-corrected chi connectivity index (χ0v) is 15.0. The van der Waals surface area contributed by atoms with Gasteiger partial charge in [0.15, 0.2) is 0 Å². The summed E-state index contributed by atoms with van der Waals surface area (Å²) in [5.74, 6) is 0. The van der Waals surface area contributed by atoms with Crippen LogP contribution in [0.3, 0.4) is 0 Å². The molecule has 2 aliphatic rings. The van der Waals surface area contributed by atoms with Crippen molar-refractivity contribution in [3.63, 3.8) is 0 Å². The maximum atomic E-state index is 2.44. The monoisotopic (exact) mass is 324 g/mol. The Morgan fingerprint density at radius 2 is 1.68 bits per heavy atom. The second-order valence-electron chi connectivity index (χ2n) is 6.84. The first-order valence-electron chi connectivity index (χ1n) is 9.16. The molecule has 4 rings (SSSR count). The average molecular weight is 324 g/mol. The van der Waals surface area contributed by atoms with E-state index in [9.17, 15) is 0 Å². The lowest BCUT2D eigenvalue weighted by Gasteiger charge is -2.36. The zero-order chi connectivity index (χ0) is 17.3. The van der Waals surface area contributed by atoms with Crippen molar-refractivity contribution in [2.75, 3.05) is 0 Å². The predicted octanol–water partition coefficient (Wildman–Crippen LogP) is 6.61. The number of benzene rings is 2. The molecule has 0 heterocycles. The molecule has 0 spiro atoms. The first kappa shape index (κ1) is 15.9. The van der Waals surface area contributed by atoms with E-state index in [0.29, 0.717) is 0 Å². The molecule has 0 nitrogen and oxygen atoms in total. The van der Waals surface area contributed by atoms with E-state index >= 15 is 0 Å². The quantitative estimate of drug-likeness (QED) is 0.595. The SMILES string of the molecule is C/C=C\C1=C(C)c2ccccc2C1(C1=CCCC=C1)c1ccccc1. The van der Waals surface area contributed by atoms with Crippen molar-refractivity contribution < 1.29 is 0 Å². The van der Waals surface area contributed by atoms with E-state index in [1.807, 2.05) is 0 Å². The minimum atomic E-state index is -0.203. The molecule has 1 unspecified atom stereocenters. The Morgan fingerprint density at radius 1 is 0.920 bits per heavy atom. The van der Waals surface area contributed by atoms with Crippen molar-refractivity contribution in [2.45, 2.75) is 32.1 Å². The summed E-state index contributed by atoms with van der Waals surface area (Å²) in [6.07, 6.45) is 13.8. The van der Waals surface area contributed by atoms with Gasteiger partial charge in [-0.2, -0.15) is 0 Å². The minimum Gasteiger partial charge on any atom is -0.0873 e. The molecule has 0 N–H and O–H groups in total. The van der Waals surface area contributed by atoms with E-state index in [2.05, 4.69) is 98.8 Å². The molecule has 0 aromatic heterocycles. The Balaban J connectivity index is 2.13. The molecule has 0 saturated carbocycles. The molecule has 0 fully saturated rings. The highest BCUT2D eigenvalue weighted by atomic mass is 14.5. The van der Waals surface area contributed by atoms with Gasteiger partial charge in [0.1, 0.15) is 0 Å². The maximum Gasteiger partial charge on any atom is 0.0706 e. The normalized spacial score (nSPS) is 22.4. The van der Waals surface area contributed by atoms with Crippen LogP contribution in [0.15, 0.2) is 96.1 Å². The van der Waals surface area contributed by atoms with Gasteiger partial charge in [-0.1, -0.05) is 85.0 Å². The van der Waals surface area contributed by atoms with Crippen LogP contribution in [-0.2, 0) is 5.41 Å². The molecule has 0 radical (unpaired) electrons. The molecule has 1 atom stereocenters. The predicted molar refractivity (Wildman–Crippen MR) is 108 cm³/mol. The van der Waals surface area contributed by atoms with Crippen LogP contribution in [0.25, 0.3) is 5.57 Å². The Morgan fingerprint density at radius 3 is 2.40 bits per heavy atom. The van der Waals surface area contributed by atoms with Gasteiger partial charge in [-0.15, -0.1) is 0 Å². The Hall–Kier alpha value is -2.60. The summed E-state index contributed by atoms with van der Waals surface area (Å²) in [6.45, 7) is 4.38. The smallest absolute Gasteiger partial charge is 0.0706 e. The van der Waals surface area contributed by atoms with Crippen molar-refractivity contribution >= 4 is 5.57 Å². The van der Waals surface area contributed by atoms with E-state index < -0.39 is 0 Å². The van der Waals surface area contributed by atoms with E-state index in [-0.39, 0.29) is 5.41 Å². The Kier molecular flexibility index (Phi) is 4.05. The summed E-state index contributed by atoms with van der Waals surface area (Å²) < 4.78 is 0. The van der Waals surface area contributed by atoms with Gasteiger partial charge in [0, 0.05) is 0 Å². The maximum absolute atomic E-state index is 2.44. The van der Waals surface area contributed by atoms with E-state index in [1.54, 1.807) is 0 Å².